The topological polar surface area (TPSA) is 33.1 Å². The van der Waals surface area contributed by atoms with Crippen molar-refractivity contribution in [3.8, 4) is 0 Å². The number of rotatable bonds is 7. The van der Waals surface area contributed by atoms with Crippen LogP contribution in [-0.2, 0) is 19.0 Å². The molecule has 2 aromatic heterocycles. The van der Waals surface area contributed by atoms with E-state index in [0.717, 1.165) is 42.2 Å². The molecule has 1 aliphatic rings. The van der Waals surface area contributed by atoms with E-state index in [9.17, 15) is 0 Å². The van der Waals surface area contributed by atoms with Crippen molar-refractivity contribution in [1.82, 2.24) is 14.5 Å². The van der Waals surface area contributed by atoms with Gasteiger partial charge in [-0.3, -0.25) is 0 Å². The van der Waals surface area contributed by atoms with Gasteiger partial charge in [0.2, 0.25) is 0 Å². The molecular weight excluding hydrogens is 380 g/mol. The minimum Gasteiger partial charge on any atom is -0.369 e. The third-order valence-corrected chi connectivity index (χ3v) is 6.89. The fraction of sp³-hybridized carbons (Fsp3) is 0.296. The number of hydrogen-bond acceptors (Lipinski definition) is 3. The van der Waals surface area contributed by atoms with E-state index in [1.54, 1.807) is 0 Å². The summed E-state index contributed by atoms with van der Waals surface area (Å²) in [5, 5.41) is 4.65. The first kappa shape index (κ1) is 21.0. The lowest BCUT2D eigenvalue weighted by Crippen LogP contribution is -2.23. The molecule has 1 aliphatic heterocycles. The van der Waals surface area contributed by atoms with Crippen LogP contribution in [0.3, 0.4) is 0 Å². The standard InChI is InChI=1S/C27H32N4/c1-7-27(8-2)20(4)29-26-24(27)15-21(17-28-26)14-13-19(3)30(5)18-23-16-22-11-9-10-12-25(22)31(23)6/h9-17H,3-4,7-8,18H2,1-2,5-6H3,(H,28,29)/b14-13+. The van der Waals surface area contributed by atoms with Crippen molar-refractivity contribution < 1.29 is 0 Å². The predicted molar refractivity (Wildman–Crippen MR) is 132 cm³/mol. The zero-order valence-corrected chi connectivity index (χ0v) is 19.1. The number of para-hydroxylation sites is 1. The van der Waals surface area contributed by atoms with Crippen LogP contribution < -0.4 is 5.32 Å². The second-order valence-corrected chi connectivity index (χ2v) is 8.49. The summed E-state index contributed by atoms with van der Waals surface area (Å²) in [6, 6.07) is 13.0. The Kier molecular flexibility index (Phi) is 5.48. The van der Waals surface area contributed by atoms with Crippen molar-refractivity contribution in [3.05, 3.63) is 90.0 Å². The number of aryl methyl sites for hydroxylation is 1. The highest BCUT2D eigenvalue weighted by Gasteiger charge is 2.40. The Labute approximate surface area is 185 Å². The van der Waals surface area contributed by atoms with Gasteiger partial charge in [-0.1, -0.05) is 51.3 Å². The van der Waals surface area contributed by atoms with Crippen LogP contribution in [0.5, 0.6) is 0 Å². The maximum atomic E-state index is 4.66. The highest BCUT2D eigenvalue weighted by molar-refractivity contribution is 5.81. The third kappa shape index (κ3) is 3.56. The van der Waals surface area contributed by atoms with E-state index < -0.39 is 0 Å². The molecule has 0 atom stereocenters. The first-order valence-electron chi connectivity index (χ1n) is 11.0. The van der Waals surface area contributed by atoms with Crippen molar-refractivity contribution in [3.63, 3.8) is 0 Å². The average molecular weight is 413 g/mol. The number of nitrogens with zero attached hydrogens (tertiary/aromatic N) is 3. The van der Waals surface area contributed by atoms with Crippen LogP contribution in [-0.4, -0.2) is 21.5 Å². The molecule has 160 valence electrons. The SMILES string of the molecule is C=C(/C=C/c1cnc2c(c1)C(CC)(CC)C(=C)N2)N(C)Cc1cc2ccccc2n1C. The van der Waals surface area contributed by atoms with Gasteiger partial charge in [0.05, 0.1) is 6.54 Å². The summed E-state index contributed by atoms with van der Waals surface area (Å²) in [6.45, 7) is 13.8. The van der Waals surface area contributed by atoms with Crippen LogP contribution in [0.25, 0.3) is 17.0 Å². The molecule has 4 heteroatoms. The van der Waals surface area contributed by atoms with Crippen molar-refractivity contribution >= 4 is 22.8 Å². The molecule has 3 heterocycles. The Balaban J connectivity index is 1.51. The van der Waals surface area contributed by atoms with Crippen molar-refractivity contribution in [1.29, 1.82) is 0 Å². The van der Waals surface area contributed by atoms with Crippen LogP contribution in [0, 0.1) is 0 Å². The van der Waals surface area contributed by atoms with Crippen LogP contribution in [0.15, 0.2) is 73.2 Å². The van der Waals surface area contributed by atoms with Gasteiger partial charge in [0.1, 0.15) is 5.82 Å². The number of aromatic nitrogens is 2. The predicted octanol–water partition coefficient (Wildman–Crippen LogP) is 6.23. The average Bonchev–Trinajstić information content (AvgIpc) is 3.25. The van der Waals surface area contributed by atoms with Gasteiger partial charge in [-0.25, -0.2) is 4.98 Å². The van der Waals surface area contributed by atoms with E-state index in [0.29, 0.717) is 0 Å². The second-order valence-electron chi connectivity index (χ2n) is 8.49. The normalized spacial score (nSPS) is 14.8. The molecule has 0 bridgehead atoms. The summed E-state index contributed by atoms with van der Waals surface area (Å²) in [5.41, 5.74) is 6.83. The number of likely N-dealkylation sites (N-methyl/N-ethyl adjacent to an activating group) is 1. The largest absolute Gasteiger partial charge is 0.369 e. The first-order valence-corrected chi connectivity index (χ1v) is 11.0. The lowest BCUT2D eigenvalue weighted by Gasteiger charge is -2.27. The number of allylic oxidation sites excluding steroid dienone is 2. The number of pyridine rings is 1. The van der Waals surface area contributed by atoms with E-state index in [1.165, 1.54) is 22.2 Å². The molecule has 0 radical (unpaired) electrons. The molecule has 3 aromatic rings. The lowest BCUT2D eigenvalue weighted by atomic mass is 9.76. The summed E-state index contributed by atoms with van der Waals surface area (Å²) in [4.78, 5) is 6.84. The molecule has 0 amide bonds. The van der Waals surface area contributed by atoms with Crippen LogP contribution in [0.1, 0.15) is 43.5 Å². The Morgan fingerprint density at radius 3 is 2.68 bits per heavy atom. The summed E-state index contributed by atoms with van der Waals surface area (Å²) >= 11 is 0. The molecule has 4 nitrogen and oxygen atoms in total. The van der Waals surface area contributed by atoms with Gasteiger partial charge in [-0.05, 0) is 48.1 Å². The van der Waals surface area contributed by atoms with Gasteiger partial charge in [-0.2, -0.15) is 0 Å². The van der Waals surface area contributed by atoms with Gasteiger partial charge >= 0.3 is 0 Å². The van der Waals surface area contributed by atoms with Crippen LogP contribution >= 0.6 is 0 Å². The van der Waals surface area contributed by atoms with E-state index in [2.05, 4.69) is 109 Å². The minimum atomic E-state index is -0.0332. The summed E-state index contributed by atoms with van der Waals surface area (Å²) in [6.07, 6.45) is 8.11. The Morgan fingerprint density at radius 2 is 1.97 bits per heavy atom. The second kappa shape index (κ2) is 8.10. The molecule has 0 saturated carbocycles. The maximum absolute atomic E-state index is 4.66. The summed E-state index contributed by atoms with van der Waals surface area (Å²) in [7, 11) is 4.20. The van der Waals surface area contributed by atoms with Crippen molar-refractivity contribution in [2.24, 2.45) is 7.05 Å². The number of hydrogen-bond donors (Lipinski definition) is 1. The Bertz CT molecular complexity index is 1180. The van der Waals surface area contributed by atoms with E-state index in [1.807, 2.05) is 6.20 Å². The Hall–Kier alpha value is -3.27. The van der Waals surface area contributed by atoms with Crippen molar-refractivity contribution in [2.45, 2.75) is 38.6 Å². The molecule has 4 rings (SSSR count). The minimum absolute atomic E-state index is 0.0332. The lowest BCUT2D eigenvalue weighted by molar-refractivity contribution is 0.415. The number of anilines is 1. The zero-order valence-electron chi connectivity index (χ0n) is 19.1. The van der Waals surface area contributed by atoms with Crippen LogP contribution in [0.4, 0.5) is 5.82 Å². The molecule has 0 spiro atoms. The molecule has 31 heavy (non-hydrogen) atoms. The maximum Gasteiger partial charge on any atom is 0.134 e. The molecule has 1 N–H and O–H groups in total. The molecule has 0 unspecified atom stereocenters. The summed E-state index contributed by atoms with van der Waals surface area (Å²) in [5.74, 6) is 0.942. The van der Waals surface area contributed by atoms with Gasteiger partial charge in [-0.15, -0.1) is 0 Å². The number of fused-ring (bicyclic) bond motifs is 2. The van der Waals surface area contributed by atoms with Crippen LogP contribution in [0.2, 0.25) is 0 Å². The quantitative estimate of drug-likeness (QED) is 0.467. The highest BCUT2D eigenvalue weighted by Crippen LogP contribution is 2.46. The van der Waals surface area contributed by atoms with Gasteiger partial charge in [0.25, 0.3) is 0 Å². The molecule has 0 aliphatic carbocycles. The van der Waals surface area contributed by atoms with Crippen molar-refractivity contribution in [2.75, 3.05) is 12.4 Å². The summed E-state index contributed by atoms with van der Waals surface area (Å²) < 4.78 is 2.25. The smallest absolute Gasteiger partial charge is 0.134 e. The van der Waals surface area contributed by atoms with E-state index >= 15 is 0 Å². The Morgan fingerprint density at radius 1 is 1.23 bits per heavy atom. The van der Waals surface area contributed by atoms with Gasteiger partial charge in [0, 0.05) is 53.9 Å². The fourth-order valence-electron chi connectivity index (χ4n) is 4.68. The monoisotopic (exact) mass is 412 g/mol. The molecule has 0 fully saturated rings. The highest BCUT2D eigenvalue weighted by atomic mass is 15.1. The number of nitrogens with one attached hydrogen (secondary N) is 1. The van der Waals surface area contributed by atoms with E-state index in [4.69, 9.17) is 0 Å². The fourth-order valence-corrected chi connectivity index (χ4v) is 4.68. The first-order chi connectivity index (χ1) is 14.9. The molecular formula is C27H32N4. The zero-order chi connectivity index (χ0) is 22.2. The molecule has 1 aromatic carbocycles. The molecule has 0 saturated heterocycles. The number of benzene rings is 1. The van der Waals surface area contributed by atoms with Gasteiger partial charge in [0.15, 0.2) is 0 Å². The third-order valence-electron chi connectivity index (χ3n) is 6.89. The van der Waals surface area contributed by atoms with E-state index in [-0.39, 0.29) is 5.41 Å². The van der Waals surface area contributed by atoms with Gasteiger partial charge < -0.3 is 14.8 Å².